The lowest BCUT2D eigenvalue weighted by atomic mass is 10.0. The van der Waals surface area contributed by atoms with Crippen molar-refractivity contribution in [3.05, 3.63) is 40.4 Å². The summed E-state index contributed by atoms with van der Waals surface area (Å²) in [6.45, 7) is 5.03. The van der Waals surface area contributed by atoms with Crippen molar-refractivity contribution in [1.29, 1.82) is 0 Å². The van der Waals surface area contributed by atoms with Crippen LogP contribution in [0.1, 0.15) is 22.5 Å². The molecule has 0 spiro atoms. The highest BCUT2D eigenvalue weighted by Crippen LogP contribution is 2.34. The van der Waals surface area contributed by atoms with Crippen molar-refractivity contribution >= 4 is 23.4 Å². The maximum Gasteiger partial charge on any atom is 0.259 e. The van der Waals surface area contributed by atoms with E-state index in [0.717, 1.165) is 6.42 Å². The van der Waals surface area contributed by atoms with Crippen molar-refractivity contribution in [3.63, 3.8) is 0 Å². The summed E-state index contributed by atoms with van der Waals surface area (Å²) in [6, 6.07) is 4.29. The summed E-state index contributed by atoms with van der Waals surface area (Å²) in [5, 5.41) is 6.91. The molecule has 8 nitrogen and oxygen atoms in total. The lowest BCUT2D eigenvalue weighted by Gasteiger charge is -2.34. The Bertz CT molecular complexity index is 908. The first-order valence-electron chi connectivity index (χ1n) is 10.1. The normalized spacial score (nSPS) is 14.6. The molecule has 2 aromatic rings. The predicted molar refractivity (Wildman–Crippen MR) is 113 cm³/mol. The number of carbonyl (C=O) groups is 2. The summed E-state index contributed by atoms with van der Waals surface area (Å²) in [5.74, 6) is -0.618. The number of halogens is 2. The summed E-state index contributed by atoms with van der Waals surface area (Å²) in [5.41, 5.74) is 0.355. The summed E-state index contributed by atoms with van der Waals surface area (Å²) < 4.78 is 24.6. The number of aromatic nitrogens is 1. The molecule has 10 heteroatoms. The number of ether oxygens (including phenoxy) is 1. The van der Waals surface area contributed by atoms with Gasteiger partial charge in [0.25, 0.3) is 5.91 Å². The smallest absolute Gasteiger partial charge is 0.259 e. The highest BCUT2D eigenvalue weighted by molar-refractivity contribution is 6.33. The fraction of sp³-hybridized carbons (Fsp3) is 0.476. The highest BCUT2D eigenvalue weighted by atomic mass is 35.5. The van der Waals surface area contributed by atoms with E-state index in [0.29, 0.717) is 45.1 Å². The number of nitrogens with one attached hydrogen (secondary N) is 1. The zero-order valence-electron chi connectivity index (χ0n) is 17.6. The molecule has 0 atom stereocenters. The Morgan fingerprint density at radius 2 is 2.03 bits per heavy atom. The van der Waals surface area contributed by atoms with Crippen LogP contribution in [0.2, 0.25) is 5.02 Å². The summed E-state index contributed by atoms with van der Waals surface area (Å²) >= 11 is 6.16. The van der Waals surface area contributed by atoms with Gasteiger partial charge in [0.1, 0.15) is 22.8 Å². The predicted octanol–water partition coefficient (Wildman–Crippen LogP) is 2.35. The highest BCUT2D eigenvalue weighted by Gasteiger charge is 2.30. The van der Waals surface area contributed by atoms with Crippen LogP contribution in [-0.2, 0) is 9.53 Å². The van der Waals surface area contributed by atoms with Crippen LogP contribution < -0.4 is 5.32 Å². The molecule has 0 saturated carbocycles. The van der Waals surface area contributed by atoms with Gasteiger partial charge in [0.2, 0.25) is 5.91 Å². The first-order chi connectivity index (χ1) is 14.9. The summed E-state index contributed by atoms with van der Waals surface area (Å²) in [7, 11) is 1.62. The van der Waals surface area contributed by atoms with E-state index in [1.54, 1.807) is 18.9 Å². The third kappa shape index (κ3) is 5.61. The molecule has 0 radical (unpaired) electrons. The molecule has 1 saturated heterocycles. The fourth-order valence-corrected chi connectivity index (χ4v) is 3.74. The molecule has 2 heterocycles. The second-order valence-electron chi connectivity index (χ2n) is 7.32. The zero-order valence-corrected chi connectivity index (χ0v) is 18.4. The van der Waals surface area contributed by atoms with Crippen LogP contribution >= 0.6 is 11.6 Å². The van der Waals surface area contributed by atoms with Crippen molar-refractivity contribution in [2.75, 3.05) is 53.0 Å². The van der Waals surface area contributed by atoms with E-state index in [2.05, 4.69) is 10.5 Å². The molecule has 1 aromatic heterocycles. The fourth-order valence-electron chi connectivity index (χ4n) is 3.49. The number of benzene rings is 1. The molecule has 0 unspecified atom stereocenters. The third-order valence-electron chi connectivity index (χ3n) is 5.15. The number of aryl methyl sites for hydroxylation is 1. The SMILES string of the molecule is COCCCNC(=O)CN1CCN(C(=O)c2c(-c3c(F)cccc3Cl)noc2C)CC1. The monoisotopic (exact) mass is 452 g/mol. The largest absolute Gasteiger partial charge is 0.385 e. The minimum Gasteiger partial charge on any atom is -0.385 e. The van der Waals surface area contributed by atoms with E-state index in [9.17, 15) is 14.0 Å². The van der Waals surface area contributed by atoms with Gasteiger partial charge in [-0.1, -0.05) is 22.8 Å². The van der Waals surface area contributed by atoms with Crippen molar-refractivity contribution in [3.8, 4) is 11.3 Å². The van der Waals surface area contributed by atoms with E-state index in [1.807, 2.05) is 4.90 Å². The van der Waals surface area contributed by atoms with Gasteiger partial charge in [0.05, 0.1) is 17.1 Å². The van der Waals surface area contributed by atoms with E-state index in [1.165, 1.54) is 18.2 Å². The average molecular weight is 453 g/mol. The lowest BCUT2D eigenvalue weighted by molar-refractivity contribution is -0.122. The van der Waals surface area contributed by atoms with Crippen LogP contribution in [0.3, 0.4) is 0 Å². The number of carbonyl (C=O) groups excluding carboxylic acids is 2. The molecule has 2 amide bonds. The molecule has 1 aromatic carbocycles. The molecule has 0 aliphatic carbocycles. The Kier molecular flexibility index (Phi) is 8.00. The van der Waals surface area contributed by atoms with Crippen molar-refractivity contribution in [2.45, 2.75) is 13.3 Å². The Labute approximate surface area is 185 Å². The first-order valence-corrected chi connectivity index (χ1v) is 10.5. The lowest BCUT2D eigenvalue weighted by Crippen LogP contribution is -2.51. The number of hydrogen-bond donors (Lipinski definition) is 1. The van der Waals surface area contributed by atoms with Gasteiger partial charge in [-0.25, -0.2) is 4.39 Å². The molecule has 168 valence electrons. The van der Waals surface area contributed by atoms with Gasteiger partial charge in [-0.3, -0.25) is 14.5 Å². The Hall–Kier alpha value is -2.49. The molecular weight excluding hydrogens is 427 g/mol. The molecule has 3 rings (SSSR count). The van der Waals surface area contributed by atoms with Gasteiger partial charge in [-0.05, 0) is 25.5 Å². The molecule has 1 fully saturated rings. The zero-order chi connectivity index (χ0) is 22.4. The van der Waals surface area contributed by atoms with Crippen LogP contribution in [0, 0.1) is 12.7 Å². The number of amides is 2. The van der Waals surface area contributed by atoms with Gasteiger partial charge in [0.15, 0.2) is 0 Å². The summed E-state index contributed by atoms with van der Waals surface area (Å²) in [6.07, 6.45) is 0.761. The Morgan fingerprint density at radius 1 is 1.29 bits per heavy atom. The number of hydrogen-bond acceptors (Lipinski definition) is 6. The second kappa shape index (κ2) is 10.7. The van der Waals surface area contributed by atoms with Crippen molar-refractivity contribution in [2.24, 2.45) is 0 Å². The molecule has 0 bridgehead atoms. The van der Waals surface area contributed by atoms with Gasteiger partial charge in [0, 0.05) is 46.4 Å². The topological polar surface area (TPSA) is 87.9 Å². The third-order valence-corrected chi connectivity index (χ3v) is 5.47. The van der Waals surface area contributed by atoms with Crippen LogP contribution in [0.5, 0.6) is 0 Å². The Morgan fingerprint density at radius 3 is 2.71 bits per heavy atom. The second-order valence-corrected chi connectivity index (χ2v) is 7.73. The minimum atomic E-state index is -0.573. The quantitative estimate of drug-likeness (QED) is 0.618. The van der Waals surface area contributed by atoms with Gasteiger partial charge in [-0.15, -0.1) is 0 Å². The van der Waals surface area contributed by atoms with Crippen LogP contribution in [0.25, 0.3) is 11.3 Å². The number of methoxy groups -OCH3 is 1. The average Bonchev–Trinajstić information content (AvgIpc) is 3.12. The molecule has 1 aliphatic rings. The van der Waals surface area contributed by atoms with E-state index < -0.39 is 5.82 Å². The van der Waals surface area contributed by atoms with Crippen LogP contribution in [0.15, 0.2) is 22.7 Å². The Balaban J connectivity index is 1.62. The number of nitrogens with zero attached hydrogens (tertiary/aromatic N) is 3. The molecular formula is C21H26ClFN4O4. The van der Waals surface area contributed by atoms with E-state index in [-0.39, 0.29) is 40.2 Å². The van der Waals surface area contributed by atoms with Crippen molar-refractivity contribution < 1.29 is 23.2 Å². The van der Waals surface area contributed by atoms with Gasteiger partial charge >= 0.3 is 0 Å². The molecule has 31 heavy (non-hydrogen) atoms. The van der Waals surface area contributed by atoms with Crippen LogP contribution in [0.4, 0.5) is 4.39 Å². The molecule has 1 aliphatic heterocycles. The maximum atomic E-state index is 14.4. The summed E-state index contributed by atoms with van der Waals surface area (Å²) in [4.78, 5) is 28.9. The number of rotatable bonds is 8. The number of piperazine rings is 1. The standard InChI is InChI=1S/C21H26ClFN4O4/c1-14-18(20(25-31-14)19-15(22)5-3-6-16(19)23)21(29)27-10-8-26(9-11-27)13-17(28)24-7-4-12-30-2/h3,5-6H,4,7-13H2,1-2H3,(H,24,28). The van der Waals surface area contributed by atoms with Gasteiger partial charge in [-0.2, -0.15) is 0 Å². The maximum absolute atomic E-state index is 14.4. The van der Waals surface area contributed by atoms with E-state index >= 15 is 0 Å². The van der Waals surface area contributed by atoms with Crippen molar-refractivity contribution in [1.82, 2.24) is 20.3 Å². The molecule has 1 N–H and O–H groups in total. The minimum absolute atomic E-state index is 0.0492. The van der Waals surface area contributed by atoms with E-state index in [4.69, 9.17) is 20.9 Å². The van der Waals surface area contributed by atoms with Gasteiger partial charge < -0.3 is 19.5 Å². The first kappa shape index (κ1) is 23.2. The van der Waals surface area contributed by atoms with Crippen LogP contribution in [-0.4, -0.2) is 79.8 Å².